The standard InChI is InChI=1S/C14H19ClN2O/c1-2-16-6-8-17(9-7-16)14(18)11-12-4-3-5-13(15)10-12/h3-5,10H,2,6-9,11H2,1H3. The number of nitrogens with zero attached hydrogens (tertiary/aromatic N) is 2. The highest BCUT2D eigenvalue weighted by molar-refractivity contribution is 6.30. The van der Waals surface area contributed by atoms with E-state index in [1.165, 1.54) is 0 Å². The third-order valence-electron chi connectivity index (χ3n) is 3.42. The number of benzene rings is 1. The first kappa shape index (κ1) is 13.4. The predicted molar refractivity (Wildman–Crippen MR) is 73.9 cm³/mol. The highest BCUT2D eigenvalue weighted by atomic mass is 35.5. The van der Waals surface area contributed by atoms with Crippen LogP contribution in [-0.4, -0.2) is 48.4 Å². The molecule has 1 fully saturated rings. The van der Waals surface area contributed by atoms with Gasteiger partial charge in [-0.15, -0.1) is 0 Å². The van der Waals surface area contributed by atoms with Crippen LogP contribution in [0.2, 0.25) is 5.02 Å². The van der Waals surface area contributed by atoms with Gasteiger partial charge in [0.15, 0.2) is 0 Å². The van der Waals surface area contributed by atoms with Crippen LogP contribution in [0.3, 0.4) is 0 Å². The number of halogens is 1. The lowest BCUT2D eigenvalue weighted by Gasteiger charge is -2.34. The van der Waals surface area contributed by atoms with Gasteiger partial charge in [0, 0.05) is 31.2 Å². The fourth-order valence-corrected chi connectivity index (χ4v) is 2.46. The van der Waals surface area contributed by atoms with Crippen LogP contribution in [0, 0.1) is 0 Å². The zero-order valence-electron chi connectivity index (χ0n) is 10.7. The zero-order valence-corrected chi connectivity index (χ0v) is 11.5. The molecule has 1 aliphatic rings. The topological polar surface area (TPSA) is 23.6 Å². The van der Waals surface area contributed by atoms with Crippen LogP contribution in [0.5, 0.6) is 0 Å². The summed E-state index contributed by atoms with van der Waals surface area (Å²) in [6, 6.07) is 7.53. The molecule has 0 aliphatic carbocycles. The number of rotatable bonds is 3. The Morgan fingerprint density at radius 2 is 2.00 bits per heavy atom. The molecule has 1 saturated heterocycles. The van der Waals surface area contributed by atoms with Crippen molar-refractivity contribution in [2.75, 3.05) is 32.7 Å². The molecule has 1 aromatic carbocycles. The van der Waals surface area contributed by atoms with Crippen LogP contribution in [0.15, 0.2) is 24.3 Å². The maximum absolute atomic E-state index is 12.1. The average Bonchev–Trinajstić information content (AvgIpc) is 2.39. The SMILES string of the molecule is CCN1CCN(C(=O)Cc2cccc(Cl)c2)CC1. The fourth-order valence-electron chi connectivity index (χ4n) is 2.25. The van der Waals surface area contributed by atoms with Gasteiger partial charge in [-0.1, -0.05) is 30.7 Å². The first-order valence-electron chi connectivity index (χ1n) is 6.43. The van der Waals surface area contributed by atoms with Crippen molar-refractivity contribution in [3.8, 4) is 0 Å². The summed E-state index contributed by atoms with van der Waals surface area (Å²) in [6.07, 6.45) is 0.451. The molecule has 0 radical (unpaired) electrons. The van der Waals surface area contributed by atoms with E-state index in [9.17, 15) is 4.79 Å². The van der Waals surface area contributed by atoms with Gasteiger partial charge >= 0.3 is 0 Å². The summed E-state index contributed by atoms with van der Waals surface area (Å²) in [5.74, 6) is 0.202. The summed E-state index contributed by atoms with van der Waals surface area (Å²) in [4.78, 5) is 16.5. The summed E-state index contributed by atoms with van der Waals surface area (Å²) in [7, 11) is 0. The first-order valence-corrected chi connectivity index (χ1v) is 6.81. The van der Waals surface area contributed by atoms with Gasteiger partial charge in [0.25, 0.3) is 0 Å². The second kappa shape index (κ2) is 6.21. The molecule has 0 atom stereocenters. The van der Waals surface area contributed by atoms with E-state index >= 15 is 0 Å². The molecule has 0 aromatic heterocycles. The molecule has 4 heteroatoms. The van der Waals surface area contributed by atoms with Crippen molar-refractivity contribution in [2.24, 2.45) is 0 Å². The molecule has 18 heavy (non-hydrogen) atoms. The van der Waals surface area contributed by atoms with Crippen molar-refractivity contribution in [1.82, 2.24) is 9.80 Å². The number of hydrogen-bond acceptors (Lipinski definition) is 2. The van der Waals surface area contributed by atoms with Gasteiger partial charge in [-0.2, -0.15) is 0 Å². The zero-order chi connectivity index (χ0) is 13.0. The number of piperazine rings is 1. The van der Waals surface area contributed by atoms with Crippen LogP contribution in [0.4, 0.5) is 0 Å². The largest absolute Gasteiger partial charge is 0.340 e. The van der Waals surface area contributed by atoms with Crippen LogP contribution in [-0.2, 0) is 11.2 Å². The quantitative estimate of drug-likeness (QED) is 0.836. The fraction of sp³-hybridized carbons (Fsp3) is 0.500. The molecule has 0 N–H and O–H groups in total. The Bertz CT molecular complexity index is 414. The maximum Gasteiger partial charge on any atom is 0.227 e. The highest BCUT2D eigenvalue weighted by Gasteiger charge is 2.19. The third kappa shape index (κ3) is 3.47. The molecule has 0 bridgehead atoms. The lowest BCUT2D eigenvalue weighted by atomic mass is 10.1. The molecule has 1 aromatic rings. The molecule has 3 nitrogen and oxygen atoms in total. The summed E-state index contributed by atoms with van der Waals surface area (Å²) in [5.41, 5.74) is 0.991. The molecule has 1 aliphatic heterocycles. The van der Waals surface area contributed by atoms with E-state index in [2.05, 4.69) is 11.8 Å². The third-order valence-corrected chi connectivity index (χ3v) is 3.65. The van der Waals surface area contributed by atoms with E-state index in [-0.39, 0.29) is 5.91 Å². The Hall–Kier alpha value is -1.06. The van der Waals surface area contributed by atoms with Crippen molar-refractivity contribution in [1.29, 1.82) is 0 Å². The molecule has 0 unspecified atom stereocenters. The number of likely N-dealkylation sites (N-methyl/N-ethyl adjacent to an activating group) is 1. The van der Waals surface area contributed by atoms with Crippen LogP contribution in [0.25, 0.3) is 0 Å². The lowest BCUT2D eigenvalue weighted by molar-refractivity contribution is -0.132. The van der Waals surface area contributed by atoms with Crippen molar-refractivity contribution < 1.29 is 4.79 Å². The Kier molecular flexibility index (Phi) is 4.61. The lowest BCUT2D eigenvalue weighted by Crippen LogP contribution is -2.48. The van der Waals surface area contributed by atoms with Gasteiger partial charge in [-0.05, 0) is 24.2 Å². The second-order valence-electron chi connectivity index (χ2n) is 4.62. The maximum atomic E-state index is 12.1. The molecule has 1 amide bonds. The predicted octanol–water partition coefficient (Wildman–Crippen LogP) is 2.05. The van der Waals surface area contributed by atoms with Crippen molar-refractivity contribution in [3.63, 3.8) is 0 Å². The average molecular weight is 267 g/mol. The van der Waals surface area contributed by atoms with Crippen LogP contribution in [0.1, 0.15) is 12.5 Å². The van der Waals surface area contributed by atoms with E-state index < -0.39 is 0 Å². The van der Waals surface area contributed by atoms with Crippen molar-refractivity contribution in [3.05, 3.63) is 34.9 Å². The monoisotopic (exact) mass is 266 g/mol. The molecule has 1 heterocycles. The smallest absolute Gasteiger partial charge is 0.227 e. The molecular weight excluding hydrogens is 248 g/mol. The van der Waals surface area contributed by atoms with E-state index in [1.54, 1.807) is 0 Å². The van der Waals surface area contributed by atoms with Crippen LogP contribution < -0.4 is 0 Å². The minimum Gasteiger partial charge on any atom is -0.340 e. The van der Waals surface area contributed by atoms with E-state index in [0.717, 1.165) is 38.3 Å². The summed E-state index contributed by atoms with van der Waals surface area (Å²) in [5, 5.41) is 0.691. The van der Waals surface area contributed by atoms with Gasteiger partial charge in [0.1, 0.15) is 0 Å². The Balaban J connectivity index is 1.89. The Morgan fingerprint density at radius 3 is 2.61 bits per heavy atom. The number of carbonyl (C=O) groups is 1. The van der Waals surface area contributed by atoms with E-state index in [1.807, 2.05) is 29.2 Å². The Labute approximate surface area is 113 Å². The number of carbonyl (C=O) groups excluding carboxylic acids is 1. The molecular formula is C14H19ClN2O. The summed E-state index contributed by atoms with van der Waals surface area (Å²) >= 11 is 5.92. The normalized spacial score (nSPS) is 16.9. The van der Waals surface area contributed by atoms with Crippen LogP contribution >= 0.6 is 11.6 Å². The van der Waals surface area contributed by atoms with Crippen molar-refractivity contribution >= 4 is 17.5 Å². The number of amides is 1. The van der Waals surface area contributed by atoms with Gasteiger partial charge < -0.3 is 9.80 Å². The van der Waals surface area contributed by atoms with Gasteiger partial charge in [0.05, 0.1) is 6.42 Å². The van der Waals surface area contributed by atoms with E-state index in [0.29, 0.717) is 11.4 Å². The second-order valence-corrected chi connectivity index (χ2v) is 5.06. The van der Waals surface area contributed by atoms with Gasteiger partial charge in [0.2, 0.25) is 5.91 Å². The molecule has 0 saturated carbocycles. The summed E-state index contributed by atoms with van der Waals surface area (Å²) in [6.45, 7) is 6.87. The minimum absolute atomic E-state index is 0.202. The summed E-state index contributed by atoms with van der Waals surface area (Å²) < 4.78 is 0. The Morgan fingerprint density at radius 1 is 1.28 bits per heavy atom. The van der Waals surface area contributed by atoms with E-state index in [4.69, 9.17) is 11.6 Å². The van der Waals surface area contributed by atoms with Crippen molar-refractivity contribution in [2.45, 2.75) is 13.3 Å². The van der Waals surface area contributed by atoms with Gasteiger partial charge in [-0.3, -0.25) is 4.79 Å². The highest BCUT2D eigenvalue weighted by Crippen LogP contribution is 2.12. The minimum atomic E-state index is 0.202. The first-order chi connectivity index (χ1) is 8.69. The molecule has 98 valence electrons. The molecule has 2 rings (SSSR count). The van der Waals surface area contributed by atoms with Gasteiger partial charge in [-0.25, -0.2) is 0 Å². The number of hydrogen-bond donors (Lipinski definition) is 0. The molecule has 0 spiro atoms.